The lowest BCUT2D eigenvalue weighted by Gasteiger charge is -2.18. The Kier molecular flexibility index (Phi) is 4.12. The number of nitrogens with one attached hydrogen (secondary N) is 1. The molecule has 5 heteroatoms. The van der Waals surface area contributed by atoms with E-state index >= 15 is 0 Å². The molecule has 0 spiro atoms. The van der Waals surface area contributed by atoms with Gasteiger partial charge in [0.15, 0.2) is 0 Å². The number of rotatable bonds is 5. The van der Waals surface area contributed by atoms with Gasteiger partial charge in [-0.1, -0.05) is 6.92 Å². The number of thiazole rings is 1. The van der Waals surface area contributed by atoms with Crippen molar-refractivity contribution < 1.29 is 0 Å². The van der Waals surface area contributed by atoms with Crippen molar-refractivity contribution in [3.8, 4) is 0 Å². The maximum atomic E-state index is 6.14. The monoisotopic (exact) mass is 267 g/mol. The first-order chi connectivity index (χ1) is 8.26. The number of nitrogens with zero attached hydrogens (tertiary/aromatic N) is 1. The molecule has 1 aromatic carbocycles. The zero-order chi connectivity index (χ0) is 12.3. The molecule has 0 bridgehead atoms. The second-order valence-electron chi connectivity index (χ2n) is 3.93. The summed E-state index contributed by atoms with van der Waals surface area (Å²) in [4.78, 5) is 4.31. The molecule has 1 atom stereocenters. The summed E-state index contributed by atoms with van der Waals surface area (Å²) in [5.41, 5.74) is 10.7. The zero-order valence-corrected chi connectivity index (χ0v) is 11.7. The highest BCUT2D eigenvalue weighted by Gasteiger charge is 2.10. The Hall–Kier alpha value is -0.940. The van der Waals surface area contributed by atoms with Crippen LogP contribution in [0.1, 0.15) is 13.3 Å². The molecule has 2 rings (SSSR count). The Labute approximate surface area is 110 Å². The van der Waals surface area contributed by atoms with Gasteiger partial charge in [0, 0.05) is 11.8 Å². The lowest BCUT2D eigenvalue weighted by atomic mass is 10.2. The normalized spacial score (nSPS) is 12.8. The molecule has 0 fully saturated rings. The number of nitrogen functional groups attached to an aromatic ring is 1. The number of hydrogen-bond donors (Lipinski definition) is 2. The standard InChI is InChI=1S/C12H17N3S2/c1-3-8(6-16-2)15-9-4-5-10-12(11(9)13)14-7-17-10/h4-5,7-8,15H,3,6,13H2,1-2H3. The van der Waals surface area contributed by atoms with Gasteiger partial charge in [0.2, 0.25) is 0 Å². The van der Waals surface area contributed by atoms with Crippen LogP contribution in [0.3, 0.4) is 0 Å². The van der Waals surface area contributed by atoms with Crippen molar-refractivity contribution >= 4 is 44.7 Å². The number of thioether (sulfide) groups is 1. The van der Waals surface area contributed by atoms with Crippen LogP contribution < -0.4 is 11.1 Å². The molecule has 1 aromatic heterocycles. The van der Waals surface area contributed by atoms with Crippen molar-refractivity contribution in [1.82, 2.24) is 4.98 Å². The fraction of sp³-hybridized carbons (Fsp3) is 0.417. The highest BCUT2D eigenvalue weighted by atomic mass is 32.2. The number of aromatic nitrogens is 1. The van der Waals surface area contributed by atoms with E-state index in [1.165, 1.54) is 0 Å². The highest BCUT2D eigenvalue weighted by Crippen LogP contribution is 2.30. The predicted molar refractivity (Wildman–Crippen MR) is 80.1 cm³/mol. The minimum atomic E-state index is 0.461. The largest absolute Gasteiger partial charge is 0.395 e. The summed E-state index contributed by atoms with van der Waals surface area (Å²) in [6.45, 7) is 2.19. The second kappa shape index (κ2) is 5.60. The Bertz CT molecular complexity index is 495. The van der Waals surface area contributed by atoms with E-state index < -0.39 is 0 Å². The van der Waals surface area contributed by atoms with Crippen LogP contribution in [0.15, 0.2) is 17.6 Å². The fourth-order valence-corrected chi connectivity index (χ4v) is 3.17. The van der Waals surface area contributed by atoms with Crippen molar-refractivity contribution in [2.75, 3.05) is 23.1 Å². The number of fused-ring (bicyclic) bond motifs is 1. The first kappa shape index (κ1) is 12.5. The van der Waals surface area contributed by atoms with E-state index in [1.807, 2.05) is 17.3 Å². The SMILES string of the molecule is CCC(CSC)Nc1ccc2scnc2c1N. The van der Waals surface area contributed by atoms with Gasteiger partial charge >= 0.3 is 0 Å². The van der Waals surface area contributed by atoms with Crippen molar-refractivity contribution in [3.05, 3.63) is 17.6 Å². The van der Waals surface area contributed by atoms with Crippen molar-refractivity contribution in [2.45, 2.75) is 19.4 Å². The summed E-state index contributed by atoms with van der Waals surface area (Å²) in [6, 6.07) is 4.60. The van der Waals surface area contributed by atoms with E-state index in [1.54, 1.807) is 11.3 Å². The molecule has 0 saturated carbocycles. The molecule has 0 radical (unpaired) electrons. The fourth-order valence-electron chi connectivity index (χ4n) is 1.76. The molecule has 0 aliphatic heterocycles. The molecule has 17 heavy (non-hydrogen) atoms. The van der Waals surface area contributed by atoms with Gasteiger partial charge < -0.3 is 11.1 Å². The third kappa shape index (κ3) is 2.66. The smallest absolute Gasteiger partial charge is 0.106 e. The number of hydrogen-bond acceptors (Lipinski definition) is 5. The Balaban J connectivity index is 2.25. The van der Waals surface area contributed by atoms with Gasteiger partial charge in [0.1, 0.15) is 5.52 Å². The number of anilines is 2. The lowest BCUT2D eigenvalue weighted by Crippen LogP contribution is -2.21. The second-order valence-corrected chi connectivity index (χ2v) is 5.73. The molecule has 0 saturated heterocycles. The van der Waals surface area contributed by atoms with E-state index in [2.05, 4.69) is 35.6 Å². The molecule has 3 N–H and O–H groups in total. The van der Waals surface area contributed by atoms with Crippen LogP contribution in [-0.4, -0.2) is 23.0 Å². The lowest BCUT2D eigenvalue weighted by molar-refractivity contribution is 0.775. The molecule has 92 valence electrons. The third-order valence-electron chi connectivity index (χ3n) is 2.76. The molecule has 3 nitrogen and oxygen atoms in total. The predicted octanol–water partition coefficient (Wildman–Crippen LogP) is 3.43. The maximum Gasteiger partial charge on any atom is 0.106 e. The van der Waals surface area contributed by atoms with Crippen LogP contribution in [0.2, 0.25) is 0 Å². The maximum absolute atomic E-state index is 6.14. The molecular formula is C12H17N3S2. The number of nitrogens with two attached hydrogens (primary N) is 1. The van der Waals surface area contributed by atoms with E-state index in [4.69, 9.17) is 5.73 Å². The van der Waals surface area contributed by atoms with Gasteiger partial charge in [-0.25, -0.2) is 4.98 Å². The molecule has 1 unspecified atom stereocenters. The molecular weight excluding hydrogens is 250 g/mol. The Morgan fingerprint density at radius 1 is 1.53 bits per heavy atom. The van der Waals surface area contributed by atoms with Gasteiger partial charge in [-0.2, -0.15) is 11.8 Å². The van der Waals surface area contributed by atoms with Crippen LogP contribution >= 0.6 is 23.1 Å². The Morgan fingerprint density at radius 3 is 3.06 bits per heavy atom. The van der Waals surface area contributed by atoms with E-state index in [0.29, 0.717) is 6.04 Å². The first-order valence-corrected chi connectivity index (χ1v) is 7.90. The number of benzene rings is 1. The summed E-state index contributed by atoms with van der Waals surface area (Å²) in [5, 5.41) is 3.50. The van der Waals surface area contributed by atoms with Crippen LogP contribution in [-0.2, 0) is 0 Å². The topological polar surface area (TPSA) is 50.9 Å². The summed E-state index contributed by atoms with van der Waals surface area (Å²) < 4.78 is 1.14. The highest BCUT2D eigenvalue weighted by molar-refractivity contribution is 7.98. The zero-order valence-electron chi connectivity index (χ0n) is 10.1. The summed E-state index contributed by atoms with van der Waals surface area (Å²) in [6.07, 6.45) is 3.21. The van der Waals surface area contributed by atoms with Crippen LogP contribution in [0.5, 0.6) is 0 Å². The van der Waals surface area contributed by atoms with E-state index in [0.717, 1.165) is 33.8 Å². The van der Waals surface area contributed by atoms with Crippen molar-refractivity contribution in [1.29, 1.82) is 0 Å². The van der Waals surface area contributed by atoms with Gasteiger partial charge in [-0.05, 0) is 24.8 Å². The van der Waals surface area contributed by atoms with Gasteiger partial charge in [0.05, 0.1) is 21.6 Å². The van der Waals surface area contributed by atoms with Gasteiger partial charge in [0.25, 0.3) is 0 Å². The van der Waals surface area contributed by atoms with Crippen molar-refractivity contribution in [2.24, 2.45) is 0 Å². The van der Waals surface area contributed by atoms with Crippen LogP contribution in [0, 0.1) is 0 Å². The van der Waals surface area contributed by atoms with Gasteiger partial charge in [-0.3, -0.25) is 0 Å². The molecule has 0 aliphatic rings. The van der Waals surface area contributed by atoms with Crippen LogP contribution in [0.4, 0.5) is 11.4 Å². The first-order valence-electron chi connectivity index (χ1n) is 5.63. The van der Waals surface area contributed by atoms with Crippen molar-refractivity contribution in [3.63, 3.8) is 0 Å². The molecule has 0 aliphatic carbocycles. The average Bonchev–Trinajstić information content (AvgIpc) is 2.80. The Morgan fingerprint density at radius 2 is 2.35 bits per heavy atom. The molecule has 0 amide bonds. The van der Waals surface area contributed by atoms with E-state index in [9.17, 15) is 0 Å². The quantitative estimate of drug-likeness (QED) is 0.815. The summed E-state index contributed by atoms with van der Waals surface area (Å²) in [7, 11) is 0. The summed E-state index contributed by atoms with van der Waals surface area (Å²) >= 11 is 3.47. The molecule has 1 heterocycles. The third-order valence-corrected chi connectivity index (χ3v) is 4.29. The summed E-state index contributed by atoms with van der Waals surface area (Å²) in [5.74, 6) is 1.09. The molecule has 2 aromatic rings. The minimum Gasteiger partial charge on any atom is -0.395 e. The van der Waals surface area contributed by atoms with E-state index in [-0.39, 0.29) is 0 Å². The van der Waals surface area contributed by atoms with Crippen LogP contribution in [0.25, 0.3) is 10.2 Å². The minimum absolute atomic E-state index is 0.461. The van der Waals surface area contributed by atoms with Gasteiger partial charge in [-0.15, -0.1) is 11.3 Å². The average molecular weight is 267 g/mol.